The number of methoxy groups -OCH3 is 1. The van der Waals surface area contributed by atoms with Crippen LogP contribution >= 0.6 is 0 Å². The van der Waals surface area contributed by atoms with Gasteiger partial charge < -0.3 is 20.1 Å². The first-order valence-corrected chi connectivity index (χ1v) is 5.80. The Morgan fingerprint density at radius 3 is 2.72 bits per heavy atom. The summed E-state index contributed by atoms with van der Waals surface area (Å²) in [5.74, 6) is -0.240. The summed E-state index contributed by atoms with van der Waals surface area (Å²) < 4.78 is 5.09. The minimum absolute atomic E-state index is 0.102. The molecule has 98 valence electrons. The third kappa shape index (κ3) is 1.85. The predicted octanol–water partition coefficient (Wildman–Crippen LogP) is 1.46. The number of aliphatic hydroxyl groups is 2. The molecule has 0 fully saturated rings. The van der Waals surface area contributed by atoms with E-state index < -0.39 is 12.2 Å². The van der Waals surface area contributed by atoms with E-state index in [0.717, 1.165) is 0 Å². The van der Waals surface area contributed by atoms with Gasteiger partial charge in [-0.05, 0) is 25.0 Å². The Hall–Kier alpha value is -1.59. The van der Waals surface area contributed by atoms with Crippen molar-refractivity contribution in [1.29, 1.82) is 0 Å². The fraction of sp³-hybridized carbons (Fsp3) is 0.462. The van der Waals surface area contributed by atoms with E-state index in [-0.39, 0.29) is 34.8 Å². The number of fused-ring (bicyclic) bond motifs is 1. The van der Waals surface area contributed by atoms with E-state index in [1.807, 2.05) is 0 Å². The highest BCUT2D eigenvalue weighted by Gasteiger charge is 2.31. The molecule has 1 aliphatic carbocycles. The lowest BCUT2D eigenvalue weighted by Gasteiger charge is -2.24. The van der Waals surface area contributed by atoms with Crippen molar-refractivity contribution in [3.63, 3.8) is 0 Å². The molecule has 0 saturated heterocycles. The van der Waals surface area contributed by atoms with Gasteiger partial charge in [0.2, 0.25) is 0 Å². The summed E-state index contributed by atoms with van der Waals surface area (Å²) >= 11 is 0. The summed E-state index contributed by atoms with van der Waals surface area (Å²) in [5, 5.41) is 29.7. The molecule has 0 aliphatic heterocycles. The minimum atomic E-state index is -0.961. The molecule has 1 aromatic carbocycles. The van der Waals surface area contributed by atoms with E-state index >= 15 is 0 Å². The zero-order chi connectivity index (χ0) is 13.4. The van der Waals surface area contributed by atoms with Crippen LogP contribution in [-0.4, -0.2) is 28.2 Å². The minimum Gasteiger partial charge on any atom is -0.507 e. The van der Waals surface area contributed by atoms with Gasteiger partial charge in [-0.3, -0.25) is 4.79 Å². The lowest BCUT2D eigenvalue weighted by Crippen LogP contribution is -2.17. The number of ketones is 1. The van der Waals surface area contributed by atoms with Gasteiger partial charge in [0.1, 0.15) is 11.5 Å². The monoisotopic (exact) mass is 252 g/mol. The van der Waals surface area contributed by atoms with Gasteiger partial charge in [0.15, 0.2) is 5.78 Å². The maximum absolute atomic E-state index is 11.8. The van der Waals surface area contributed by atoms with E-state index in [0.29, 0.717) is 12.0 Å². The Balaban J connectivity index is 2.73. The third-order valence-corrected chi connectivity index (χ3v) is 3.25. The molecule has 0 aromatic heterocycles. The Morgan fingerprint density at radius 1 is 1.50 bits per heavy atom. The van der Waals surface area contributed by atoms with E-state index in [4.69, 9.17) is 4.74 Å². The van der Waals surface area contributed by atoms with Crippen LogP contribution in [0.5, 0.6) is 11.5 Å². The Morgan fingerprint density at radius 2 is 2.17 bits per heavy atom. The highest BCUT2D eigenvalue weighted by atomic mass is 16.5. The topological polar surface area (TPSA) is 87.0 Å². The first-order valence-electron chi connectivity index (χ1n) is 5.80. The lowest BCUT2D eigenvalue weighted by molar-refractivity contribution is 0.0890. The molecule has 0 amide bonds. The van der Waals surface area contributed by atoms with Crippen molar-refractivity contribution in [3.05, 3.63) is 22.8 Å². The number of rotatable bonds is 2. The normalized spacial score (nSPS) is 20.4. The standard InChI is InChI=1S/C13H16O5/c1-6(14)11-10(18-2)5-7-8(15)3-4-9(16)12(7)13(11)17/h5-6,8,14-15,17H,3-4H2,1-2H3/t6-,8+/m1/s1. The van der Waals surface area contributed by atoms with Crippen LogP contribution in [0, 0.1) is 0 Å². The Labute approximate surface area is 105 Å². The lowest BCUT2D eigenvalue weighted by atomic mass is 9.85. The number of benzene rings is 1. The second-order valence-electron chi connectivity index (χ2n) is 4.46. The number of hydrogen-bond donors (Lipinski definition) is 3. The zero-order valence-corrected chi connectivity index (χ0v) is 10.3. The number of ether oxygens (including phenoxy) is 1. The summed E-state index contributed by atoms with van der Waals surface area (Å²) in [7, 11) is 1.41. The van der Waals surface area contributed by atoms with Crippen LogP contribution in [-0.2, 0) is 0 Å². The van der Waals surface area contributed by atoms with Crippen LogP contribution in [0.4, 0.5) is 0 Å². The number of carbonyl (C=O) groups is 1. The molecule has 2 atom stereocenters. The molecule has 2 rings (SSSR count). The number of phenols is 1. The van der Waals surface area contributed by atoms with Gasteiger partial charge in [0.05, 0.1) is 30.4 Å². The molecule has 0 radical (unpaired) electrons. The molecular formula is C13H16O5. The first-order chi connectivity index (χ1) is 8.47. The van der Waals surface area contributed by atoms with E-state index in [1.165, 1.54) is 20.1 Å². The van der Waals surface area contributed by atoms with Gasteiger partial charge in [-0.2, -0.15) is 0 Å². The van der Waals surface area contributed by atoms with Gasteiger partial charge in [0.25, 0.3) is 0 Å². The second-order valence-corrected chi connectivity index (χ2v) is 4.46. The van der Waals surface area contributed by atoms with Crippen LogP contribution in [0.1, 0.15) is 53.5 Å². The van der Waals surface area contributed by atoms with Crippen molar-refractivity contribution in [2.45, 2.75) is 32.0 Å². The number of aromatic hydroxyl groups is 1. The molecule has 1 aromatic rings. The van der Waals surface area contributed by atoms with Gasteiger partial charge in [-0.25, -0.2) is 0 Å². The van der Waals surface area contributed by atoms with Crippen LogP contribution in [0.2, 0.25) is 0 Å². The molecule has 0 unspecified atom stereocenters. The van der Waals surface area contributed by atoms with Crippen molar-refractivity contribution >= 4 is 5.78 Å². The molecule has 1 aliphatic rings. The van der Waals surface area contributed by atoms with Gasteiger partial charge >= 0.3 is 0 Å². The summed E-state index contributed by atoms with van der Waals surface area (Å²) in [5.41, 5.74) is 0.647. The van der Waals surface area contributed by atoms with E-state index in [9.17, 15) is 20.1 Å². The van der Waals surface area contributed by atoms with Gasteiger partial charge in [0, 0.05) is 6.42 Å². The van der Waals surface area contributed by atoms with E-state index in [2.05, 4.69) is 0 Å². The molecule has 5 heteroatoms. The average Bonchev–Trinajstić information content (AvgIpc) is 2.32. The summed E-state index contributed by atoms with van der Waals surface area (Å²) in [4.78, 5) is 11.8. The molecule has 0 spiro atoms. The van der Waals surface area contributed by atoms with Gasteiger partial charge in [-0.15, -0.1) is 0 Å². The Kier molecular flexibility index (Phi) is 3.28. The Bertz CT molecular complexity index is 493. The summed E-state index contributed by atoms with van der Waals surface area (Å²) in [6.45, 7) is 1.48. The highest BCUT2D eigenvalue weighted by Crippen LogP contribution is 2.43. The molecule has 18 heavy (non-hydrogen) atoms. The number of aliphatic hydroxyl groups excluding tert-OH is 2. The molecule has 0 heterocycles. The predicted molar refractivity (Wildman–Crippen MR) is 63.8 cm³/mol. The van der Waals surface area contributed by atoms with Crippen LogP contribution in [0.15, 0.2) is 6.07 Å². The van der Waals surface area contributed by atoms with Crippen molar-refractivity contribution in [1.82, 2.24) is 0 Å². The SMILES string of the molecule is COc1cc2c(c(O)c1[C@@H](C)O)C(=O)CC[C@@H]2O. The molecule has 5 nitrogen and oxygen atoms in total. The molecule has 0 bridgehead atoms. The maximum atomic E-state index is 11.8. The van der Waals surface area contributed by atoms with Crippen molar-refractivity contribution in [3.8, 4) is 11.5 Å². The number of hydrogen-bond acceptors (Lipinski definition) is 5. The molecule has 0 saturated carbocycles. The average molecular weight is 252 g/mol. The smallest absolute Gasteiger partial charge is 0.167 e. The van der Waals surface area contributed by atoms with Crippen LogP contribution in [0.25, 0.3) is 0 Å². The first kappa shape index (κ1) is 12.9. The van der Waals surface area contributed by atoms with Crippen LogP contribution in [0.3, 0.4) is 0 Å². The van der Waals surface area contributed by atoms with Crippen LogP contribution < -0.4 is 4.74 Å². The highest BCUT2D eigenvalue weighted by molar-refractivity contribution is 6.02. The quantitative estimate of drug-likeness (QED) is 0.741. The van der Waals surface area contributed by atoms with Crippen molar-refractivity contribution < 1.29 is 24.9 Å². The number of phenolic OH excluding ortho intramolecular Hbond substituents is 1. The fourth-order valence-corrected chi connectivity index (χ4v) is 2.36. The van der Waals surface area contributed by atoms with Crippen molar-refractivity contribution in [2.75, 3.05) is 7.11 Å². The number of Topliss-reactive ketones (excluding diaryl/α,β-unsaturated/α-hetero) is 1. The maximum Gasteiger partial charge on any atom is 0.167 e. The van der Waals surface area contributed by atoms with Gasteiger partial charge in [-0.1, -0.05) is 0 Å². The molecular weight excluding hydrogens is 236 g/mol. The molecule has 3 N–H and O–H groups in total. The fourth-order valence-electron chi connectivity index (χ4n) is 2.36. The van der Waals surface area contributed by atoms with E-state index in [1.54, 1.807) is 0 Å². The summed E-state index contributed by atoms with van der Waals surface area (Å²) in [6.07, 6.45) is -1.23. The number of carbonyl (C=O) groups excluding carboxylic acids is 1. The van der Waals surface area contributed by atoms with Crippen molar-refractivity contribution in [2.24, 2.45) is 0 Å². The third-order valence-electron chi connectivity index (χ3n) is 3.25. The second kappa shape index (κ2) is 4.59. The zero-order valence-electron chi connectivity index (χ0n) is 10.3. The largest absolute Gasteiger partial charge is 0.507 e. The summed E-state index contributed by atoms with van der Waals surface area (Å²) in [6, 6.07) is 1.51.